The average Bonchev–Trinajstić information content (AvgIpc) is 2.56. The normalized spacial score (nSPS) is 21.6. The molecule has 0 bridgehead atoms. The van der Waals surface area contributed by atoms with Gasteiger partial charge in [0.2, 0.25) is 0 Å². The van der Waals surface area contributed by atoms with E-state index in [1.807, 2.05) is 12.1 Å². The Morgan fingerprint density at radius 3 is 2.85 bits per heavy atom. The third kappa shape index (κ3) is 2.78. The van der Waals surface area contributed by atoms with Crippen LogP contribution in [0.4, 0.5) is 0 Å². The van der Waals surface area contributed by atoms with Crippen LogP contribution in [-0.2, 0) is 0 Å². The van der Waals surface area contributed by atoms with Gasteiger partial charge in [-0.2, -0.15) is 0 Å². The fourth-order valence-electron chi connectivity index (χ4n) is 2.86. The smallest absolute Gasteiger partial charge is 0.00366 e. The van der Waals surface area contributed by atoms with Gasteiger partial charge in [-0.1, -0.05) is 49.4 Å². The lowest BCUT2D eigenvalue weighted by Gasteiger charge is -2.19. The summed E-state index contributed by atoms with van der Waals surface area (Å²) >= 11 is 0. The van der Waals surface area contributed by atoms with Crippen LogP contribution in [0.25, 0.3) is 5.57 Å². The molecule has 0 amide bonds. The predicted octanol–water partition coefficient (Wildman–Crippen LogP) is 5.30. The maximum Gasteiger partial charge on any atom is -0.00366 e. The Kier molecular flexibility index (Phi) is 3.88. The highest BCUT2D eigenvalue weighted by Crippen LogP contribution is 2.32. The Hall–Kier alpha value is -2.00. The average molecular weight is 260 g/mol. The zero-order chi connectivity index (χ0) is 13.8. The largest absolute Gasteiger partial charge is 0.0805 e. The highest BCUT2D eigenvalue weighted by molar-refractivity contribution is 5.77. The Morgan fingerprint density at radius 1 is 1.20 bits per heavy atom. The van der Waals surface area contributed by atoms with Crippen molar-refractivity contribution in [3.8, 4) is 0 Å². The minimum absolute atomic E-state index is 0.734. The van der Waals surface area contributed by atoms with Crippen LogP contribution in [-0.4, -0.2) is 0 Å². The van der Waals surface area contributed by atoms with Gasteiger partial charge in [-0.25, -0.2) is 0 Å². The molecular formula is C20H20. The van der Waals surface area contributed by atoms with E-state index in [0.717, 1.165) is 18.8 Å². The lowest BCUT2D eigenvalue weighted by atomic mass is 9.86. The van der Waals surface area contributed by atoms with Gasteiger partial charge < -0.3 is 0 Å². The molecule has 0 saturated heterocycles. The molecule has 100 valence electrons. The van der Waals surface area contributed by atoms with Crippen molar-refractivity contribution in [3.05, 3.63) is 77.4 Å². The Labute approximate surface area is 122 Å². The van der Waals surface area contributed by atoms with Crippen LogP contribution in [0.2, 0.25) is 0 Å². The molecule has 1 atom stereocenters. The van der Waals surface area contributed by atoms with E-state index in [4.69, 9.17) is 0 Å². The molecule has 1 unspecified atom stereocenters. The van der Waals surface area contributed by atoms with E-state index >= 15 is 0 Å². The van der Waals surface area contributed by atoms with Crippen molar-refractivity contribution < 1.29 is 0 Å². The Bertz CT molecular complexity index is 582. The lowest BCUT2D eigenvalue weighted by Crippen LogP contribution is -2.01. The van der Waals surface area contributed by atoms with Crippen LogP contribution in [0.5, 0.6) is 0 Å². The molecule has 2 aliphatic rings. The van der Waals surface area contributed by atoms with Gasteiger partial charge in [0.15, 0.2) is 0 Å². The molecule has 3 rings (SSSR count). The van der Waals surface area contributed by atoms with E-state index < -0.39 is 0 Å². The summed E-state index contributed by atoms with van der Waals surface area (Å²) in [5.41, 5.74) is 5.46. The summed E-state index contributed by atoms with van der Waals surface area (Å²) in [6.07, 6.45) is 16.5. The second-order valence-electron chi connectivity index (χ2n) is 5.51. The van der Waals surface area contributed by atoms with Gasteiger partial charge in [-0.15, -0.1) is 0 Å². The summed E-state index contributed by atoms with van der Waals surface area (Å²) in [5.74, 6) is 0.734. The standard InChI is InChI=1S/C20H20/c1-2-16-11-13-18(14-12-16)20-10-6-9-19(15-20)17-7-4-3-5-8-17/h4,7-9,11,13-16H,2,6,10,12H2,1H3. The van der Waals surface area contributed by atoms with Gasteiger partial charge in [-0.05, 0) is 72.1 Å². The molecule has 0 radical (unpaired) electrons. The van der Waals surface area contributed by atoms with Crippen molar-refractivity contribution in [1.29, 1.82) is 0 Å². The minimum Gasteiger partial charge on any atom is -0.0805 e. The lowest BCUT2D eigenvalue weighted by molar-refractivity contribution is 0.629. The van der Waals surface area contributed by atoms with Crippen molar-refractivity contribution in [2.75, 3.05) is 0 Å². The summed E-state index contributed by atoms with van der Waals surface area (Å²) in [6.45, 7) is 2.26. The Balaban J connectivity index is 1.82. The molecule has 0 heterocycles. The van der Waals surface area contributed by atoms with Crippen LogP contribution in [0.3, 0.4) is 0 Å². The van der Waals surface area contributed by atoms with Crippen molar-refractivity contribution in [2.24, 2.45) is 5.92 Å². The van der Waals surface area contributed by atoms with E-state index in [2.05, 4.69) is 55.5 Å². The molecule has 1 aromatic rings. The summed E-state index contributed by atoms with van der Waals surface area (Å²) in [6, 6.07) is 12.1. The van der Waals surface area contributed by atoms with Crippen molar-refractivity contribution in [3.63, 3.8) is 0 Å². The molecule has 0 N–H and O–H groups in total. The predicted molar refractivity (Wildman–Crippen MR) is 85.0 cm³/mol. The van der Waals surface area contributed by atoms with Gasteiger partial charge in [0.25, 0.3) is 0 Å². The first-order valence-corrected chi connectivity index (χ1v) is 7.54. The summed E-state index contributed by atoms with van der Waals surface area (Å²) in [7, 11) is 0. The van der Waals surface area contributed by atoms with Crippen molar-refractivity contribution >= 4 is 5.57 Å². The van der Waals surface area contributed by atoms with Gasteiger partial charge >= 0.3 is 0 Å². The van der Waals surface area contributed by atoms with Gasteiger partial charge in [0, 0.05) is 0 Å². The van der Waals surface area contributed by atoms with E-state index in [0.29, 0.717) is 0 Å². The fraction of sp³-hybridized carbons (Fsp3) is 0.300. The SMILES string of the molecule is CCC1C=CC(C2=CC(c3cc#ccc3)=CCC2)=CC1. The summed E-state index contributed by atoms with van der Waals surface area (Å²) in [4.78, 5) is 0. The van der Waals surface area contributed by atoms with Gasteiger partial charge in [-0.3, -0.25) is 0 Å². The van der Waals surface area contributed by atoms with Crippen LogP contribution >= 0.6 is 0 Å². The first kappa shape index (κ1) is 13.0. The van der Waals surface area contributed by atoms with Gasteiger partial charge in [0.1, 0.15) is 0 Å². The second-order valence-corrected chi connectivity index (χ2v) is 5.51. The minimum atomic E-state index is 0.734. The molecule has 0 aromatic heterocycles. The van der Waals surface area contributed by atoms with E-state index in [1.165, 1.54) is 35.1 Å². The zero-order valence-electron chi connectivity index (χ0n) is 12.0. The van der Waals surface area contributed by atoms with E-state index in [-0.39, 0.29) is 0 Å². The van der Waals surface area contributed by atoms with Crippen LogP contribution in [0, 0.1) is 18.1 Å². The number of allylic oxidation sites excluding steroid dienone is 8. The topological polar surface area (TPSA) is 0 Å². The number of hydrogen-bond donors (Lipinski definition) is 0. The summed E-state index contributed by atoms with van der Waals surface area (Å²) < 4.78 is 0. The van der Waals surface area contributed by atoms with Crippen LogP contribution < -0.4 is 0 Å². The highest BCUT2D eigenvalue weighted by Gasteiger charge is 2.13. The zero-order valence-corrected chi connectivity index (χ0v) is 12.0. The monoisotopic (exact) mass is 260 g/mol. The third-order valence-electron chi connectivity index (χ3n) is 4.18. The van der Waals surface area contributed by atoms with Crippen molar-refractivity contribution in [1.82, 2.24) is 0 Å². The fourth-order valence-corrected chi connectivity index (χ4v) is 2.86. The number of rotatable bonds is 3. The molecule has 0 spiro atoms. The van der Waals surface area contributed by atoms with Crippen LogP contribution in [0.1, 0.15) is 38.2 Å². The molecule has 2 aliphatic carbocycles. The summed E-state index contributed by atoms with van der Waals surface area (Å²) in [5, 5.41) is 0. The highest BCUT2D eigenvalue weighted by atomic mass is 14.2. The molecular weight excluding hydrogens is 240 g/mol. The number of hydrogen-bond acceptors (Lipinski definition) is 0. The molecule has 1 aromatic carbocycles. The molecule has 20 heavy (non-hydrogen) atoms. The Morgan fingerprint density at radius 2 is 2.15 bits per heavy atom. The van der Waals surface area contributed by atoms with Crippen LogP contribution in [0.15, 0.2) is 59.7 Å². The second kappa shape index (κ2) is 5.97. The molecule has 0 heteroatoms. The first-order valence-electron chi connectivity index (χ1n) is 7.54. The maximum atomic E-state index is 3.04. The van der Waals surface area contributed by atoms with E-state index in [9.17, 15) is 0 Å². The molecule has 0 fully saturated rings. The molecule has 0 saturated carbocycles. The van der Waals surface area contributed by atoms with E-state index in [1.54, 1.807) is 0 Å². The van der Waals surface area contributed by atoms with Gasteiger partial charge in [0.05, 0.1) is 0 Å². The quantitative estimate of drug-likeness (QED) is 0.691. The first-order chi connectivity index (χ1) is 9.86. The van der Waals surface area contributed by atoms with Crippen molar-refractivity contribution in [2.45, 2.75) is 32.6 Å². The molecule has 0 aliphatic heterocycles. The molecule has 0 nitrogen and oxygen atoms in total. The third-order valence-corrected chi connectivity index (χ3v) is 4.18. The maximum absolute atomic E-state index is 3.04.